The lowest BCUT2D eigenvalue weighted by atomic mass is 9.92. The molecular weight excluding hydrogens is 250 g/mol. The highest BCUT2D eigenvalue weighted by Crippen LogP contribution is 2.36. The Kier molecular flexibility index (Phi) is 3.12. The number of benzene rings is 1. The normalized spacial score (nSPS) is 25.3. The predicted octanol–water partition coefficient (Wildman–Crippen LogP) is 4.41. The van der Waals surface area contributed by atoms with Crippen molar-refractivity contribution in [1.82, 2.24) is 5.32 Å². The van der Waals surface area contributed by atoms with Gasteiger partial charge < -0.3 is 5.32 Å². The molecule has 0 aliphatic carbocycles. The molecule has 2 heterocycles. The molecule has 0 radical (unpaired) electrons. The number of halogens is 1. The molecule has 17 heavy (non-hydrogen) atoms. The SMILES string of the molecule is C[C@@H]1C[C@H](c2cc3cc(Cl)ccc3s2)CCN1. The molecular formula is C14H16ClNS. The zero-order valence-corrected chi connectivity index (χ0v) is 11.4. The average Bonchev–Trinajstić information content (AvgIpc) is 2.72. The van der Waals surface area contributed by atoms with Crippen molar-refractivity contribution in [3.8, 4) is 0 Å². The molecule has 1 aliphatic rings. The Bertz CT molecular complexity index is 534. The summed E-state index contributed by atoms with van der Waals surface area (Å²) < 4.78 is 1.36. The molecule has 0 saturated carbocycles. The molecule has 1 fully saturated rings. The highest BCUT2D eigenvalue weighted by Gasteiger charge is 2.21. The van der Waals surface area contributed by atoms with E-state index in [0.29, 0.717) is 6.04 Å². The maximum absolute atomic E-state index is 6.03. The van der Waals surface area contributed by atoms with E-state index in [4.69, 9.17) is 11.6 Å². The molecule has 1 aromatic heterocycles. The van der Waals surface area contributed by atoms with Gasteiger partial charge in [-0.25, -0.2) is 0 Å². The van der Waals surface area contributed by atoms with Crippen LogP contribution in [-0.2, 0) is 0 Å². The van der Waals surface area contributed by atoms with E-state index >= 15 is 0 Å². The summed E-state index contributed by atoms with van der Waals surface area (Å²) >= 11 is 7.96. The Morgan fingerprint density at radius 2 is 2.24 bits per heavy atom. The first-order valence-electron chi connectivity index (χ1n) is 6.15. The van der Waals surface area contributed by atoms with Gasteiger partial charge in [0.15, 0.2) is 0 Å². The summed E-state index contributed by atoms with van der Waals surface area (Å²) in [7, 11) is 0. The summed E-state index contributed by atoms with van der Waals surface area (Å²) in [4.78, 5) is 1.52. The summed E-state index contributed by atoms with van der Waals surface area (Å²) in [5.41, 5.74) is 0. The summed E-state index contributed by atoms with van der Waals surface area (Å²) in [5, 5.41) is 5.64. The van der Waals surface area contributed by atoms with E-state index in [1.807, 2.05) is 17.4 Å². The van der Waals surface area contributed by atoms with Crippen LogP contribution in [0.3, 0.4) is 0 Å². The summed E-state index contributed by atoms with van der Waals surface area (Å²) in [6, 6.07) is 9.16. The second kappa shape index (κ2) is 4.60. The van der Waals surface area contributed by atoms with Crippen LogP contribution in [0, 0.1) is 0 Å². The minimum Gasteiger partial charge on any atom is -0.314 e. The molecule has 2 atom stereocenters. The van der Waals surface area contributed by atoms with E-state index in [1.165, 1.54) is 27.8 Å². The lowest BCUT2D eigenvalue weighted by molar-refractivity contribution is 0.384. The van der Waals surface area contributed by atoms with E-state index in [2.05, 4.69) is 30.4 Å². The summed E-state index contributed by atoms with van der Waals surface area (Å²) in [6.07, 6.45) is 2.51. The van der Waals surface area contributed by atoms with Crippen LogP contribution >= 0.6 is 22.9 Å². The van der Waals surface area contributed by atoms with Crippen molar-refractivity contribution in [2.75, 3.05) is 6.54 Å². The third kappa shape index (κ3) is 2.35. The number of piperidine rings is 1. The van der Waals surface area contributed by atoms with Gasteiger partial charge in [0.2, 0.25) is 0 Å². The molecule has 90 valence electrons. The molecule has 0 bridgehead atoms. The number of hydrogen-bond acceptors (Lipinski definition) is 2. The number of rotatable bonds is 1. The maximum Gasteiger partial charge on any atom is 0.0412 e. The van der Waals surface area contributed by atoms with Gasteiger partial charge in [-0.2, -0.15) is 0 Å². The molecule has 2 aromatic rings. The fourth-order valence-corrected chi connectivity index (χ4v) is 4.00. The minimum absolute atomic E-state index is 0.641. The van der Waals surface area contributed by atoms with Crippen LogP contribution in [-0.4, -0.2) is 12.6 Å². The van der Waals surface area contributed by atoms with Crippen molar-refractivity contribution >= 4 is 33.0 Å². The van der Waals surface area contributed by atoms with Crippen LogP contribution < -0.4 is 5.32 Å². The smallest absolute Gasteiger partial charge is 0.0412 e. The largest absolute Gasteiger partial charge is 0.314 e. The highest BCUT2D eigenvalue weighted by atomic mass is 35.5. The van der Waals surface area contributed by atoms with Crippen LogP contribution in [0.5, 0.6) is 0 Å². The van der Waals surface area contributed by atoms with Gasteiger partial charge >= 0.3 is 0 Å². The van der Waals surface area contributed by atoms with Crippen LogP contribution in [0.2, 0.25) is 5.02 Å². The molecule has 0 spiro atoms. The molecule has 1 aliphatic heterocycles. The minimum atomic E-state index is 0.641. The van der Waals surface area contributed by atoms with Crippen molar-refractivity contribution in [2.24, 2.45) is 0 Å². The molecule has 1 nitrogen and oxygen atoms in total. The van der Waals surface area contributed by atoms with Gasteiger partial charge in [0.1, 0.15) is 0 Å². The lowest BCUT2D eigenvalue weighted by Gasteiger charge is -2.27. The van der Waals surface area contributed by atoms with E-state index in [0.717, 1.165) is 17.5 Å². The molecule has 0 amide bonds. The van der Waals surface area contributed by atoms with E-state index in [1.54, 1.807) is 0 Å². The second-order valence-corrected chi connectivity index (χ2v) is 6.46. The number of hydrogen-bond donors (Lipinski definition) is 1. The fraction of sp³-hybridized carbons (Fsp3) is 0.429. The van der Waals surface area contributed by atoms with Crippen molar-refractivity contribution in [1.29, 1.82) is 0 Å². The Morgan fingerprint density at radius 1 is 1.35 bits per heavy atom. The average molecular weight is 266 g/mol. The zero-order valence-electron chi connectivity index (χ0n) is 9.87. The van der Waals surface area contributed by atoms with Gasteiger partial charge in [0.05, 0.1) is 0 Å². The van der Waals surface area contributed by atoms with Crippen molar-refractivity contribution in [3.05, 3.63) is 34.2 Å². The van der Waals surface area contributed by atoms with Gasteiger partial charge in [-0.3, -0.25) is 0 Å². The monoisotopic (exact) mass is 265 g/mol. The summed E-state index contributed by atoms with van der Waals surface area (Å²) in [6.45, 7) is 3.41. The number of nitrogens with one attached hydrogen (secondary N) is 1. The van der Waals surface area contributed by atoms with Gasteiger partial charge in [0.25, 0.3) is 0 Å². The first kappa shape index (κ1) is 11.5. The molecule has 1 saturated heterocycles. The van der Waals surface area contributed by atoms with Gasteiger partial charge in [0, 0.05) is 20.6 Å². The Hall–Kier alpha value is -0.570. The Morgan fingerprint density at radius 3 is 3.06 bits per heavy atom. The summed E-state index contributed by atoms with van der Waals surface area (Å²) in [5.74, 6) is 0.724. The van der Waals surface area contributed by atoms with Crippen molar-refractivity contribution in [2.45, 2.75) is 31.7 Å². The van der Waals surface area contributed by atoms with Crippen LogP contribution in [0.4, 0.5) is 0 Å². The van der Waals surface area contributed by atoms with Gasteiger partial charge in [-0.05, 0) is 61.9 Å². The molecule has 0 unspecified atom stereocenters. The number of fused-ring (bicyclic) bond motifs is 1. The predicted molar refractivity (Wildman–Crippen MR) is 76.3 cm³/mol. The Balaban J connectivity index is 1.94. The van der Waals surface area contributed by atoms with Crippen LogP contribution in [0.15, 0.2) is 24.3 Å². The topological polar surface area (TPSA) is 12.0 Å². The third-order valence-electron chi connectivity index (χ3n) is 3.52. The fourth-order valence-electron chi connectivity index (χ4n) is 2.63. The first-order chi connectivity index (χ1) is 8.22. The third-order valence-corrected chi connectivity index (χ3v) is 5.04. The van der Waals surface area contributed by atoms with Gasteiger partial charge in [-0.1, -0.05) is 11.6 Å². The van der Waals surface area contributed by atoms with E-state index < -0.39 is 0 Å². The van der Waals surface area contributed by atoms with Crippen molar-refractivity contribution < 1.29 is 0 Å². The lowest BCUT2D eigenvalue weighted by Crippen LogP contribution is -2.34. The van der Waals surface area contributed by atoms with Crippen LogP contribution in [0.25, 0.3) is 10.1 Å². The standard InChI is InChI=1S/C14H16ClNS/c1-9-6-10(4-5-16-9)14-8-11-7-12(15)2-3-13(11)17-14/h2-3,7-10,16H,4-6H2,1H3/t9-,10-/m1/s1. The highest BCUT2D eigenvalue weighted by molar-refractivity contribution is 7.19. The molecule has 1 aromatic carbocycles. The molecule has 3 rings (SSSR count). The molecule has 3 heteroatoms. The molecule has 1 N–H and O–H groups in total. The quantitative estimate of drug-likeness (QED) is 0.805. The Labute approximate surface area is 111 Å². The van der Waals surface area contributed by atoms with Gasteiger partial charge in [-0.15, -0.1) is 11.3 Å². The van der Waals surface area contributed by atoms with Crippen LogP contribution in [0.1, 0.15) is 30.6 Å². The second-order valence-electron chi connectivity index (χ2n) is 4.91. The van der Waals surface area contributed by atoms with E-state index in [-0.39, 0.29) is 0 Å². The maximum atomic E-state index is 6.03. The van der Waals surface area contributed by atoms with E-state index in [9.17, 15) is 0 Å². The number of thiophene rings is 1. The van der Waals surface area contributed by atoms with Crippen molar-refractivity contribution in [3.63, 3.8) is 0 Å². The first-order valence-corrected chi connectivity index (χ1v) is 7.34. The zero-order chi connectivity index (χ0) is 11.8.